The van der Waals surface area contributed by atoms with Crippen molar-refractivity contribution in [1.29, 1.82) is 0 Å². The summed E-state index contributed by atoms with van der Waals surface area (Å²) in [5.41, 5.74) is 4.26. The molecule has 2 aromatic carbocycles. The van der Waals surface area contributed by atoms with Crippen LogP contribution in [0.4, 0.5) is 0 Å². The summed E-state index contributed by atoms with van der Waals surface area (Å²) in [6, 6.07) is 16.0. The van der Waals surface area contributed by atoms with E-state index in [1.165, 1.54) is 5.56 Å². The lowest BCUT2D eigenvalue weighted by molar-refractivity contribution is 0.877. The van der Waals surface area contributed by atoms with Gasteiger partial charge < -0.3 is 0 Å². The molecule has 2 aromatic heterocycles. The van der Waals surface area contributed by atoms with Crippen molar-refractivity contribution in [2.24, 2.45) is 0 Å². The molecule has 0 amide bonds. The van der Waals surface area contributed by atoms with Gasteiger partial charge in [0.1, 0.15) is 11.3 Å². The smallest absolute Gasteiger partial charge is 0.196 e. The van der Waals surface area contributed by atoms with Gasteiger partial charge in [-0.3, -0.25) is 4.57 Å². The Labute approximate surface area is 164 Å². The highest BCUT2D eigenvalue weighted by Crippen LogP contribution is 2.32. The highest BCUT2D eigenvalue weighted by Gasteiger charge is 2.12. The average Bonchev–Trinajstić information content (AvgIpc) is 3.30. The molecule has 0 aliphatic heterocycles. The number of rotatable bonds is 5. The molecule has 2 heterocycles. The minimum Gasteiger partial charge on any atom is -0.276 e. The lowest BCUT2D eigenvalue weighted by atomic mass is 10.2. The van der Waals surface area contributed by atoms with Crippen molar-refractivity contribution in [2.75, 3.05) is 0 Å². The lowest BCUT2D eigenvalue weighted by Crippen LogP contribution is -1.97. The van der Waals surface area contributed by atoms with E-state index in [1.807, 2.05) is 41.0 Å². The minimum absolute atomic E-state index is 0.723. The second-order valence-corrected chi connectivity index (χ2v) is 7.89. The van der Waals surface area contributed by atoms with Gasteiger partial charge in [-0.1, -0.05) is 59.8 Å². The molecule has 0 aliphatic carbocycles. The molecule has 0 bridgehead atoms. The van der Waals surface area contributed by atoms with E-state index in [4.69, 9.17) is 16.6 Å². The van der Waals surface area contributed by atoms with E-state index in [2.05, 4.69) is 34.6 Å². The summed E-state index contributed by atoms with van der Waals surface area (Å²) in [7, 11) is 0. The summed E-state index contributed by atoms with van der Waals surface area (Å²) in [6.07, 6.45) is 1.75. The van der Waals surface area contributed by atoms with Gasteiger partial charge in [0.25, 0.3) is 0 Å². The molecule has 0 radical (unpaired) electrons. The number of benzene rings is 2. The maximum Gasteiger partial charge on any atom is 0.196 e. The number of aromatic nitrogens is 4. The molecule has 0 unspecified atom stereocenters. The van der Waals surface area contributed by atoms with Crippen LogP contribution in [0.3, 0.4) is 0 Å². The maximum absolute atomic E-state index is 6.27. The highest BCUT2D eigenvalue weighted by atomic mass is 35.5. The fraction of sp³-hybridized carbons (Fsp3) is 0.105. The monoisotopic (exact) mass is 398 g/mol. The van der Waals surface area contributed by atoms with E-state index in [-0.39, 0.29) is 0 Å². The molecule has 0 atom stereocenters. The third-order valence-electron chi connectivity index (χ3n) is 3.90. The number of thiazole rings is 1. The van der Waals surface area contributed by atoms with Gasteiger partial charge in [-0.15, -0.1) is 21.5 Å². The summed E-state index contributed by atoms with van der Waals surface area (Å²) < 4.78 is 2.02. The number of hydrogen-bond acceptors (Lipinski definition) is 5. The molecule has 0 saturated heterocycles. The molecular formula is C19H15ClN4S2. The van der Waals surface area contributed by atoms with Crippen molar-refractivity contribution in [3.63, 3.8) is 0 Å². The molecule has 26 heavy (non-hydrogen) atoms. The number of hydrogen-bond donors (Lipinski definition) is 0. The molecule has 130 valence electrons. The van der Waals surface area contributed by atoms with Crippen molar-refractivity contribution in [1.82, 2.24) is 19.7 Å². The van der Waals surface area contributed by atoms with Gasteiger partial charge >= 0.3 is 0 Å². The average molecular weight is 399 g/mol. The van der Waals surface area contributed by atoms with E-state index < -0.39 is 0 Å². The summed E-state index contributed by atoms with van der Waals surface area (Å²) in [5, 5.41) is 12.9. The topological polar surface area (TPSA) is 43.6 Å². The van der Waals surface area contributed by atoms with Crippen LogP contribution in [-0.4, -0.2) is 19.7 Å². The van der Waals surface area contributed by atoms with E-state index in [0.717, 1.165) is 37.9 Å². The van der Waals surface area contributed by atoms with Crippen LogP contribution in [0.1, 0.15) is 11.3 Å². The Morgan fingerprint density at radius 1 is 1.12 bits per heavy atom. The van der Waals surface area contributed by atoms with Crippen molar-refractivity contribution >= 4 is 34.7 Å². The van der Waals surface area contributed by atoms with Gasteiger partial charge in [0.2, 0.25) is 0 Å². The Morgan fingerprint density at radius 2 is 1.92 bits per heavy atom. The van der Waals surface area contributed by atoms with Gasteiger partial charge in [0.05, 0.1) is 16.4 Å². The van der Waals surface area contributed by atoms with Crippen LogP contribution in [0.15, 0.2) is 65.4 Å². The normalized spacial score (nSPS) is 11.0. The Bertz CT molecular complexity index is 1040. The standard InChI is InChI=1S/C19H15ClN4S2/c1-13-6-2-5-9-17(13)24-12-21-23-19(24)26-11-14-10-25-18(22-14)15-7-3-4-8-16(15)20/h2-10,12H,11H2,1H3. The molecule has 0 saturated carbocycles. The van der Waals surface area contributed by atoms with Crippen LogP contribution in [0.5, 0.6) is 0 Å². The first-order chi connectivity index (χ1) is 12.7. The Balaban J connectivity index is 1.52. The Hall–Kier alpha value is -2.15. The second-order valence-electron chi connectivity index (χ2n) is 5.68. The quantitative estimate of drug-likeness (QED) is 0.408. The van der Waals surface area contributed by atoms with Crippen LogP contribution >= 0.6 is 34.7 Å². The second kappa shape index (κ2) is 7.61. The van der Waals surface area contributed by atoms with Crippen LogP contribution in [0, 0.1) is 6.92 Å². The van der Waals surface area contributed by atoms with E-state index in [1.54, 1.807) is 29.4 Å². The molecule has 0 aliphatic rings. The molecule has 0 fully saturated rings. The molecule has 7 heteroatoms. The Kier molecular flexibility index (Phi) is 5.06. The zero-order valence-electron chi connectivity index (χ0n) is 14.0. The first-order valence-electron chi connectivity index (χ1n) is 8.00. The first kappa shape index (κ1) is 17.3. The zero-order valence-corrected chi connectivity index (χ0v) is 16.4. The molecule has 0 spiro atoms. The van der Waals surface area contributed by atoms with Gasteiger partial charge in [-0.05, 0) is 24.6 Å². The summed E-state index contributed by atoms with van der Waals surface area (Å²) in [4.78, 5) is 4.72. The van der Waals surface area contributed by atoms with Crippen molar-refractivity contribution in [3.8, 4) is 16.3 Å². The molecule has 4 aromatic rings. The summed E-state index contributed by atoms with van der Waals surface area (Å²) >= 11 is 9.50. The summed E-state index contributed by atoms with van der Waals surface area (Å²) in [5.74, 6) is 0.728. The fourth-order valence-corrected chi connectivity index (χ4v) is 4.65. The van der Waals surface area contributed by atoms with E-state index >= 15 is 0 Å². The van der Waals surface area contributed by atoms with Crippen molar-refractivity contribution in [3.05, 3.63) is 76.5 Å². The van der Waals surface area contributed by atoms with Gasteiger partial charge in [-0.2, -0.15) is 0 Å². The molecule has 4 rings (SSSR count). The number of halogens is 1. The van der Waals surface area contributed by atoms with Gasteiger partial charge in [0.15, 0.2) is 5.16 Å². The largest absolute Gasteiger partial charge is 0.276 e. The molecule has 0 N–H and O–H groups in total. The van der Waals surface area contributed by atoms with Crippen molar-refractivity contribution in [2.45, 2.75) is 17.8 Å². The summed E-state index contributed by atoms with van der Waals surface area (Å²) in [6.45, 7) is 2.08. The highest BCUT2D eigenvalue weighted by molar-refractivity contribution is 7.98. The number of nitrogens with zero attached hydrogens (tertiary/aromatic N) is 4. The van der Waals surface area contributed by atoms with E-state index in [0.29, 0.717) is 0 Å². The third kappa shape index (κ3) is 3.53. The SMILES string of the molecule is Cc1ccccc1-n1cnnc1SCc1csc(-c2ccccc2Cl)n1. The van der Waals surface area contributed by atoms with Crippen LogP contribution in [0.25, 0.3) is 16.3 Å². The molecule has 4 nitrogen and oxygen atoms in total. The van der Waals surface area contributed by atoms with E-state index in [9.17, 15) is 0 Å². The first-order valence-corrected chi connectivity index (χ1v) is 10.2. The van der Waals surface area contributed by atoms with Crippen molar-refractivity contribution < 1.29 is 0 Å². The Morgan fingerprint density at radius 3 is 2.77 bits per heavy atom. The number of aryl methyl sites for hydroxylation is 1. The van der Waals surface area contributed by atoms with Crippen LogP contribution in [0.2, 0.25) is 5.02 Å². The van der Waals surface area contributed by atoms with Gasteiger partial charge in [0, 0.05) is 16.7 Å². The minimum atomic E-state index is 0.723. The number of thioether (sulfide) groups is 1. The predicted octanol–water partition coefficient (Wildman–Crippen LogP) is 5.64. The maximum atomic E-state index is 6.27. The fourth-order valence-electron chi connectivity index (χ4n) is 2.59. The number of para-hydroxylation sites is 1. The zero-order chi connectivity index (χ0) is 17.9. The van der Waals surface area contributed by atoms with Crippen LogP contribution in [-0.2, 0) is 5.75 Å². The van der Waals surface area contributed by atoms with Crippen LogP contribution < -0.4 is 0 Å². The lowest BCUT2D eigenvalue weighted by Gasteiger charge is -2.08. The third-order valence-corrected chi connectivity index (χ3v) is 6.13. The molecular weight excluding hydrogens is 384 g/mol. The van der Waals surface area contributed by atoms with Gasteiger partial charge in [-0.25, -0.2) is 4.98 Å². The predicted molar refractivity (Wildman–Crippen MR) is 108 cm³/mol.